The Morgan fingerprint density at radius 2 is 0.826 bits per heavy atom. The zero-order valence-electron chi connectivity index (χ0n) is 16.4. The predicted molar refractivity (Wildman–Crippen MR) is 102 cm³/mol. The molecule has 2 nitrogen and oxygen atoms in total. The maximum absolute atomic E-state index is 2.69. The zero-order chi connectivity index (χ0) is 16.7. The van der Waals surface area contributed by atoms with Gasteiger partial charge in [-0.05, 0) is 95.8 Å². The van der Waals surface area contributed by atoms with Gasteiger partial charge in [0, 0.05) is 12.1 Å². The Labute approximate surface area is 146 Å². The van der Waals surface area contributed by atoms with Crippen LogP contribution in [0, 0.1) is 11.8 Å². The first-order valence-corrected chi connectivity index (χ1v) is 10.7. The number of nitrogens with zero attached hydrogens (tertiary/aromatic N) is 2. The quantitative estimate of drug-likeness (QED) is 0.607. The highest BCUT2D eigenvalue weighted by molar-refractivity contribution is 4.83. The molecule has 0 bridgehead atoms. The molecule has 0 aromatic rings. The minimum Gasteiger partial charge on any atom is -0.301 e. The van der Waals surface area contributed by atoms with Crippen LogP contribution in [-0.2, 0) is 0 Å². The Morgan fingerprint density at radius 1 is 0.522 bits per heavy atom. The van der Waals surface area contributed by atoms with Crippen LogP contribution in [0.2, 0.25) is 0 Å². The van der Waals surface area contributed by atoms with Crippen LogP contribution in [0.5, 0.6) is 0 Å². The average molecular weight is 323 g/mol. The summed E-state index contributed by atoms with van der Waals surface area (Å²) in [5, 5.41) is 0. The van der Waals surface area contributed by atoms with E-state index in [1.54, 1.807) is 0 Å². The summed E-state index contributed by atoms with van der Waals surface area (Å²) in [6.07, 6.45) is 13.4. The summed E-state index contributed by atoms with van der Waals surface area (Å²) in [6, 6.07) is 1.78. The summed E-state index contributed by atoms with van der Waals surface area (Å²) in [6.45, 7) is 14.2. The van der Waals surface area contributed by atoms with Crippen LogP contribution >= 0.6 is 0 Å². The van der Waals surface area contributed by atoms with Crippen molar-refractivity contribution in [2.24, 2.45) is 11.8 Å². The van der Waals surface area contributed by atoms with Crippen molar-refractivity contribution in [3.8, 4) is 0 Å². The van der Waals surface area contributed by atoms with Gasteiger partial charge in [-0.2, -0.15) is 0 Å². The second kappa shape index (κ2) is 10.0. The third kappa shape index (κ3) is 5.46. The molecule has 0 saturated heterocycles. The van der Waals surface area contributed by atoms with Crippen LogP contribution in [0.15, 0.2) is 0 Å². The van der Waals surface area contributed by atoms with E-state index in [-0.39, 0.29) is 0 Å². The molecule has 2 saturated carbocycles. The highest BCUT2D eigenvalue weighted by Gasteiger charge is 2.29. The van der Waals surface area contributed by atoms with E-state index in [4.69, 9.17) is 0 Å². The average Bonchev–Trinajstić information content (AvgIpc) is 2.60. The fraction of sp³-hybridized carbons (Fsp3) is 1.00. The Hall–Kier alpha value is -0.0800. The molecule has 0 N–H and O–H groups in total. The van der Waals surface area contributed by atoms with Gasteiger partial charge in [0.15, 0.2) is 0 Å². The van der Waals surface area contributed by atoms with Gasteiger partial charge in [-0.3, -0.25) is 0 Å². The van der Waals surface area contributed by atoms with Gasteiger partial charge in [-0.1, -0.05) is 27.7 Å². The molecule has 0 spiro atoms. The van der Waals surface area contributed by atoms with Crippen LogP contribution in [0.4, 0.5) is 0 Å². The topological polar surface area (TPSA) is 6.48 Å². The van der Waals surface area contributed by atoms with Crippen LogP contribution in [0.3, 0.4) is 0 Å². The first-order valence-electron chi connectivity index (χ1n) is 10.7. The molecule has 23 heavy (non-hydrogen) atoms. The van der Waals surface area contributed by atoms with Crippen molar-refractivity contribution < 1.29 is 0 Å². The summed E-state index contributed by atoms with van der Waals surface area (Å²) in [5.41, 5.74) is 0. The lowest BCUT2D eigenvalue weighted by Crippen LogP contribution is -2.39. The van der Waals surface area contributed by atoms with Crippen LogP contribution < -0.4 is 0 Å². The lowest BCUT2D eigenvalue weighted by atomic mass is 9.75. The number of rotatable bonds is 8. The van der Waals surface area contributed by atoms with E-state index in [9.17, 15) is 0 Å². The minimum absolute atomic E-state index is 0.889. The first-order chi connectivity index (χ1) is 11.2. The second-order valence-electron chi connectivity index (χ2n) is 8.03. The van der Waals surface area contributed by atoms with Crippen molar-refractivity contribution in [3.05, 3.63) is 0 Å². The molecule has 0 heterocycles. The normalized spacial score (nSPS) is 32.6. The minimum atomic E-state index is 0.889. The standard InChI is InChI=1S/C21H42N2/c1-5-22(6-2)20-13-9-18(10-14-20)17-19-11-15-21(16-12-19)23(7-3)8-4/h18-21H,5-17H2,1-4H3. The molecular weight excluding hydrogens is 280 g/mol. The molecule has 136 valence electrons. The van der Waals surface area contributed by atoms with Crippen molar-refractivity contribution >= 4 is 0 Å². The molecule has 0 aromatic carbocycles. The van der Waals surface area contributed by atoms with E-state index in [0.29, 0.717) is 0 Å². The summed E-state index contributed by atoms with van der Waals surface area (Å²) >= 11 is 0. The molecule has 0 aromatic heterocycles. The predicted octanol–water partition coefficient (Wildman–Crippen LogP) is 5.18. The molecule has 0 radical (unpaired) electrons. The van der Waals surface area contributed by atoms with E-state index in [1.807, 2.05) is 0 Å². The van der Waals surface area contributed by atoms with E-state index < -0.39 is 0 Å². The molecule has 2 rings (SSSR count). The van der Waals surface area contributed by atoms with Gasteiger partial charge in [0.25, 0.3) is 0 Å². The molecule has 2 heteroatoms. The third-order valence-electron chi connectivity index (χ3n) is 6.96. The smallest absolute Gasteiger partial charge is 0.00952 e. The van der Waals surface area contributed by atoms with E-state index in [1.165, 1.54) is 84.0 Å². The maximum atomic E-state index is 2.69. The van der Waals surface area contributed by atoms with E-state index >= 15 is 0 Å². The van der Waals surface area contributed by atoms with E-state index in [0.717, 1.165) is 23.9 Å². The van der Waals surface area contributed by atoms with Gasteiger partial charge in [0.05, 0.1) is 0 Å². The van der Waals surface area contributed by atoms with Crippen molar-refractivity contribution in [2.45, 2.75) is 97.6 Å². The van der Waals surface area contributed by atoms with Gasteiger partial charge in [-0.15, -0.1) is 0 Å². The first kappa shape index (κ1) is 19.2. The molecule has 0 aliphatic heterocycles. The fourth-order valence-corrected chi connectivity index (χ4v) is 5.44. The Bertz CT molecular complexity index is 263. The van der Waals surface area contributed by atoms with E-state index in [2.05, 4.69) is 37.5 Å². The van der Waals surface area contributed by atoms with Crippen molar-refractivity contribution in [1.29, 1.82) is 0 Å². The highest BCUT2D eigenvalue weighted by atomic mass is 15.1. The highest BCUT2D eigenvalue weighted by Crippen LogP contribution is 2.37. The SMILES string of the molecule is CCN(CC)C1CCC(CC2CCC(N(CC)CC)CC2)CC1. The van der Waals surface area contributed by atoms with Gasteiger partial charge in [0.1, 0.15) is 0 Å². The van der Waals surface area contributed by atoms with Crippen LogP contribution in [0.25, 0.3) is 0 Å². The largest absolute Gasteiger partial charge is 0.301 e. The van der Waals surface area contributed by atoms with Gasteiger partial charge in [-0.25, -0.2) is 0 Å². The Kier molecular flexibility index (Phi) is 8.40. The molecule has 0 unspecified atom stereocenters. The zero-order valence-corrected chi connectivity index (χ0v) is 16.4. The number of hydrogen-bond acceptors (Lipinski definition) is 2. The Morgan fingerprint density at radius 3 is 1.09 bits per heavy atom. The summed E-state index contributed by atoms with van der Waals surface area (Å²) in [5.74, 6) is 2.08. The summed E-state index contributed by atoms with van der Waals surface area (Å²) < 4.78 is 0. The summed E-state index contributed by atoms with van der Waals surface area (Å²) in [4.78, 5) is 5.37. The van der Waals surface area contributed by atoms with Crippen molar-refractivity contribution in [2.75, 3.05) is 26.2 Å². The monoisotopic (exact) mass is 322 g/mol. The lowest BCUT2D eigenvalue weighted by Gasteiger charge is -2.39. The number of hydrogen-bond donors (Lipinski definition) is 0. The van der Waals surface area contributed by atoms with Gasteiger partial charge < -0.3 is 9.80 Å². The van der Waals surface area contributed by atoms with Crippen molar-refractivity contribution in [3.63, 3.8) is 0 Å². The fourth-order valence-electron chi connectivity index (χ4n) is 5.44. The Balaban J connectivity index is 1.68. The molecule has 2 aliphatic rings. The van der Waals surface area contributed by atoms with Crippen molar-refractivity contribution in [1.82, 2.24) is 9.80 Å². The van der Waals surface area contributed by atoms with Gasteiger partial charge >= 0.3 is 0 Å². The molecule has 2 aliphatic carbocycles. The summed E-state index contributed by atoms with van der Waals surface area (Å²) in [7, 11) is 0. The van der Waals surface area contributed by atoms with Gasteiger partial charge in [0.2, 0.25) is 0 Å². The molecular formula is C21H42N2. The molecule has 2 fully saturated rings. The maximum Gasteiger partial charge on any atom is 0.00952 e. The third-order valence-corrected chi connectivity index (χ3v) is 6.96. The lowest BCUT2D eigenvalue weighted by molar-refractivity contribution is 0.116. The van der Waals surface area contributed by atoms with Crippen LogP contribution in [0.1, 0.15) is 85.5 Å². The molecule has 0 atom stereocenters. The second-order valence-corrected chi connectivity index (χ2v) is 8.03. The molecule has 0 amide bonds. The van der Waals surface area contributed by atoms with Crippen LogP contribution in [-0.4, -0.2) is 48.1 Å².